The molecular formula is C15H20N2O. The fourth-order valence-electron chi connectivity index (χ4n) is 2.49. The Bertz CT molecular complexity index is 474. The number of nitriles is 1. The third-order valence-electron chi connectivity index (χ3n) is 3.76. The molecule has 2 rings (SSSR count). The standard InChI is InChI=1S/C15H20N2O/c1-12-10-14(5-4-13(12)11-16)17-8-3-6-15(2,18)7-9-17/h4-5,10,18H,3,6-9H2,1-2H3. The van der Waals surface area contributed by atoms with Crippen LogP contribution in [0.5, 0.6) is 0 Å². The summed E-state index contributed by atoms with van der Waals surface area (Å²) in [4.78, 5) is 2.30. The van der Waals surface area contributed by atoms with Crippen molar-refractivity contribution < 1.29 is 5.11 Å². The first-order valence-corrected chi connectivity index (χ1v) is 6.50. The maximum atomic E-state index is 10.1. The molecular weight excluding hydrogens is 224 g/mol. The average molecular weight is 244 g/mol. The highest BCUT2D eigenvalue weighted by Crippen LogP contribution is 2.26. The zero-order valence-corrected chi connectivity index (χ0v) is 11.1. The summed E-state index contributed by atoms with van der Waals surface area (Å²) in [5.41, 5.74) is 2.38. The van der Waals surface area contributed by atoms with Gasteiger partial charge in [0.1, 0.15) is 0 Å². The number of hydrogen-bond donors (Lipinski definition) is 1. The first-order chi connectivity index (χ1) is 8.52. The zero-order valence-electron chi connectivity index (χ0n) is 11.1. The van der Waals surface area contributed by atoms with E-state index in [1.807, 2.05) is 26.0 Å². The molecule has 18 heavy (non-hydrogen) atoms. The quantitative estimate of drug-likeness (QED) is 0.826. The van der Waals surface area contributed by atoms with Crippen LogP contribution in [0.25, 0.3) is 0 Å². The Balaban J connectivity index is 2.17. The summed E-state index contributed by atoms with van der Waals surface area (Å²) in [6, 6.07) is 8.15. The fraction of sp³-hybridized carbons (Fsp3) is 0.533. The van der Waals surface area contributed by atoms with Gasteiger partial charge in [-0.05, 0) is 56.9 Å². The molecule has 3 nitrogen and oxygen atoms in total. The minimum absolute atomic E-state index is 0.531. The van der Waals surface area contributed by atoms with Crippen LogP contribution in [0, 0.1) is 18.3 Å². The van der Waals surface area contributed by atoms with Crippen LogP contribution in [0.4, 0.5) is 5.69 Å². The van der Waals surface area contributed by atoms with Crippen LogP contribution in [0.2, 0.25) is 0 Å². The van der Waals surface area contributed by atoms with Crippen molar-refractivity contribution in [1.82, 2.24) is 0 Å². The van der Waals surface area contributed by atoms with Crippen molar-refractivity contribution in [3.63, 3.8) is 0 Å². The van der Waals surface area contributed by atoms with Crippen molar-refractivity contribution in [3.8, 4) is 6.07 Å². The van der Waals surface area contributed by atoms with Crippen molar-refractivity contribution in [1.29, 1.82) is 5.26 Å². The number of hydrogen-bond acceptors (Lipinski definition) is 3. The third kappa shape index (κ3) is 2.83. The second-order valence-electron chi connectivity index (χ2n) is 5.45. The molecule has 1 atom stereocenters. The molecule has 0 aliphatic carbocycles. The van der Waals surface area contributed by atoms with Crippen molar-refractivity contribution in [3.05, 3.63) is 29.3 Å². The summed E-state index contributed by atoms with van der Waals surface area (Å²) in [5.74, 6) is 0. The molecule has 1 aliphatic heterocycles. The first-order valence-electron chi connectivity index (χ1n) is 6.50. The second kappa shape index (κ2) is 4.99. The summed E-state index contributed by atoms with van der Waals surface area (Å²) in [7, 11) is 0. The number of nitrogens with zero attached hydrogens (tertiary/aromatic N) is 2. The van der Waals surface area contributed by atoms with Crippen LogP contribution >= 0.6 is 0 Å². The normalized spacial score (nSPS) is 24.4. The minimum atomic E-state index is -0.531. The Labute approximate surface area is 109 Å². The predicted octanol–water partition coefficient (Wildman–Crippen LogP) is 2.61. The lowest BCUT2D eigenvalue weighted by Crippen LogP contribution is -2.28. The Morgan fingerprint density at radius 1 is 1.33 bits per heavy atom. The second-order valence-corrected chi connectivity index (χ2v) is 5.45. The van der Waals surface area contributed by atoms with E-state index in [-0.39, 0.29) is 0 Å². The van der Waals surface area contributed by atoms with Gasteiger partial charge in [0.2, 0.25) is 0 Å². The number of anilines is 1. The molecule has 1 aromatic carbocycles. The van der Waals surface area contributed by atoms with Crippen LogP contribution < -0.4 is 4.90 Å². The largest absolute Gasteiger partial charge is 0.390 e. The molecule has 1 saturated heterocycles. The molecule has 1 unspecified atom stereocenters. The van der Waals surface area contributed by atoms with E-state index >= 15 is 0 Å². The first kappa shape index (κ1) is 12.9. The molecule has 3 heteroatoms. The van der Waals surface area contributed by atoms with Crippen molar-refractivity contribution in [2.75, 3.05) is 18.0 Å². The Kier molecular flexibility index (Phi) is 3.58. The molecule has 0 radical (unpaired) electrons. The number of aryl methyl sites for hydroxylation is 1. The van der Waals surface area contributed by atoms with Gasteiger partial charge in [-0.3, -0.25) is 0 Å². The van der Waals surface area contributed by atoms with E-state index in [2.05, 4.69) is 17.0 Å². The SMILES string of the molecule is Cc1cc(N2CCCC(C)(O)CC2)ccc1C#N. The molecule has 96 valence electrons. The molecule has 1 aliphatic rings. The van der Waals surface area contributed by atoms with E-state index in [9.17, 15) is 5.11 Å². The fourth-order valence-corrected chi connectivity index (χ4v) is 2.49. The van der Waals surface area contributed by atoms with Crippen LogP contribution in [-0.4, -0.2) is 23.8 Å². The number of benzene rings is 1. The summed E-state index contributed by atoms with van der Waals surface area (Å²) in [6.07, 6.45) is 2.66. The van der Waals surface area contributed by atoms with Crippen LogP contribution in [0.3, 0.4) is 0 Å². The third-order valence-corrected chi connectivity index (χ3v) is 3.76. The van der Waals surface area contributed by atoms with Gasteiger partial charge in [-0.1, -0.05) is 0 Å². The molecule has 1 N–H and O–H groups in total. The van der Waals surface area contributed by atoms with E-state index in [4.69, 9.17) is 5.26 Å². The maximum absolute atomic E-state index is 10.1. The van der Waals surface area contributed by atoms with E-state index in [1.165, 1.54) is 0 Å². The van der Waals surface area contributed by atoms with Gasteiger partial charge in [0.05, 0.1) is 17.2 Å². The summed E-state index contributed by atoms with van der Waals surface area (Å²) >= 11 is 0. The molecule has 0 bridgehead atoms. The smallest absolute Gasteiger partial charge is 0.0994 e. The number of aliphatic hydroxyl groups is 1. The molecule has 1 heterocycles. The summed E-state index contributed by atoms with van der Waals surface area (Å²) in [6.45, 7) is 5.73. The highest BCUT2D eigenvalue weighted by Gasteiger charge is 2.25. The highest BCUT2D eigenvalue weighted by molar-refractivity contribution is 5.53. The lowest BCUT2D eigenvalue weighted by molar-refractivity contribution is 0.0481. The van der Waals surface area contributed by atoms with Crippen molar-refractivity contribution >= 4 is 5.69 Å². The zero-order chi connectivity index (χ0) is 13.2. The van der Waals surface area contributed by atoms with Gasteiger partial charge < -0.3 is 10.0 Å². The highest BCUT2D eigenvalue weighted by atomic mass is 16.3. The molecule has 1 fully saturated rings. The van der Waals surface area contributed by atoms with Gasteiger partial charge in [-0.25, -0.2) is 0 Å². The molecule has 0 aromatic heterocycles. The topological polar surface area (TPSA) is 47.3 Å². The van der Waals surface area contributed by atoms with Crippen LogP contribution in [0.15, 0.2) is 18.2 Å². The molecule has 1 aromatic rings. The van der Waals surface area contributed by atoms with E-state index in [0.717, 1.165) is 49.2 Å². The lowest BCUT2D eigenvalue weighted by Gasteiger charge is -2.24. The van der Waals surface area contributed by atoms with Gasteiger partial charge in [0, 0.05) is 18.8 Å². The van der Waals surface area contributed by atoms with Gasteiger partial charge >= 0.3 is 0 Å². The van der Waals surface area contributed by atoms with Crippen molar-refractivity contribution in [2.24, 2.45) is 0 Å². The van der Waals surface area contributed by atoms with Crippen LogP contribution in [0.1, 0.15) is 37.3 Å². The van der Waals surface area contributed by atoms with Crippen LogP contribution in [-0.2, 0) is 0 Å². The Morgan fingerprint density at radius 3 is 2.78 bits per heavy atom. The summed E-state index contributed by atoms with van der Waals surface area (Å²) in [5, 5.41) is 19.0. The summed E-state index contributed by atoms with van der Waals surface area (Å²) < 4.78 is 0. The minimum Gasteiger partial charge on any atom is -0.390 e. The molecule has 0 saturated carbocycles. The molecule has 0 amide bonds. The van der Waals surface area contributed by atoms with Crippen molar-refractivity contribution in [2.45, 2.75) is 38.7 Å². The van der Waals surface area contributed by atoms with Gasteiger partial charge in [-0.15, -0.1) is 0 Å². The lowest BCUT2D eigenvalue weighted by atomic mass is 9.98. The average Bonchev–Trinajstić information content (AvgIpc) is 2.50. The monoisotopic (exact) mass is 244 g/mol. The number of rotatable bonds is 1. The predicted molar refractivity (Wildman–Crippen MR) is 72.6 cm³/mol. The Hall–Kier alpha value is -1.53. The van der Waals surface area contributed by atoms with E-state index in [1.54, 1.807) is 0 Å². The van der Waals surface area contributed by atoms with E-state index in [0.29, 0.717) is 0 Å². The van der Waals surface area contributed by atoms with Gasteiger partial charge in [-0.2, -0.15) is 5.26 Å². The van der Waals surface area contributed by atoms with E-state index < -0.39 is 5.60 Å². The van der Waals surface area contributed by atoms with Gasteiger partial charge in [0.15, 0.2) is 0 Å². The molecule has 0 spiro atoms. The van der Waals surface area contributed by atoms with Gasteiger partial charge in [0.25, 0.3) is 0 Å². The maximum Gasteiger partial charge on any atom is 0.0994 e. The Morgan fingerprint density at radius 2 is 2.11 bits per heavy atom.